The van der Waals surface area contributed by atoms with Crippen LogP contribution in [-0.2, 0) is 0 Å². The fourth-order valence-electron chi connectivity index (χ4n) is 2.82. The summed E-state index contributed by atoms with van der Waals surface area (Å²) < 4.78 is 0. The van der Waals surface area contributed by atoms with Crippen molar-refractivity contribution in [3.05, 3.63) is 36.4 Å². The van der Waals surface area contributed by atoms with E-state index in [2.05, 4.69) is 67.2 Å². The molecule has 0 saturated carbocycles. The third-order valence-corrected chi connectivity index (χ3v) is 4.97. The first-order valence-electron chi connectivity index (χ1n) is 6.07. The van der Waals surface area contributed by atoms with Crippen molar-refractivity contribution >= 4 is 23.1 Å². The molecule has 90 valence electrons. The maximum absolute atomic E-state index is 2.40. The molecule has 2 nitrogen and oxygen atoms in total. The molecule has 2 atom stereocenters. The van der Waals surface area contributed by atoms with Gasteiger partial charge >= 0.3 is 0 Å². The monoisotopic (exact) mass is 246 g/mol. The fourth-order valence-corrected chi connectivity index (χ4v) is 4.18. The first-order chi connectivity index (χ1) is 8.18. The normalized spacial score (nSPS) is 27.9. The van der Waals surface area contributed by atoms with Crippen LogP contribution in [0, 0.1) is 0 Å². The van der Waals surface area contributed by atoms with E-state index in [4.69, 9.17) is 0 Å². The molecule has 2 aliphatic heterocycles. The van der Waals surface area contributed by atoms with Gasteiger partial charge in [-0.15, -0.1) is 11.8 Å². The minimum atomic E-state index is 0.443. The van der Waals surface area contributed by atoms with Crippen LogP contribution in [0.3, 0.4) is 0 Å². The number of anilines is 2. The summed E-state index contributed by atoms with van der Waals surface area (Å²) in [6.45, 7) is 2.27. The molecule has 0 bridgehead atoms. The van der Waals surface area contributed by atoms with Gasteiger partial charge in [-0.2, -0.15) is 0 Å². The number of thioether (sulfide) groups is 1. The molecule has 3 rings (SSSR count). The predicted octanol–water partition coefficient (Wildman–Crippen LogP) is 2.96. The lowest BCUT2D eigenvalue weighted by molar-refractivity contribution is 0.671. The molecule has 1 aromatic carbocycles. The smallest absolute Gasteiger partial charge is 0.117 e. The number of fused-ring (bicyclic) bond motifs is 1. The molecular formula is C14H18N2S. The van der Waals surface area contributed by atoms with Crippen LogP contribution < -0.4 is 9.80 Å². The van der Waals surface area contributed by atoms with Gasteiger partial charge in [-0.05, 0) is 19.1 Å². The molecule has 0 spiro atoms. The van der Waals surface area contributed by atoms with Crippen molar-refractivity contribution in [2.75, 3.05) is 23.9 Å². The molecule has 0 N–H and O–H groups in total. The van der Waals surface area contributed by atoms with Crippen LogP contribution in [0.1, 0.15) is 6.92 Å². The predicted molar refractivity (Wildman–Crippen MR) is 77.0 cm³/mol. The number of rotatable bonds is 1. The van der Waals surface area contributed by atoms with Gasteiger partial charge in [0, 0.05) is 19.3 Å². The molecule has 0 aliphatic carbocycles. The van der Waals surface area contributed by atoms with Gasteiger partial charge in [0.2, 0.25) is 0 Å². The molecule has 17 heavy (non-hydrogen) atoms. The maximum Gasteiger partial charge on any atom is 0.117 e. The minimum Gasteiger partial charge on any atom is -0.351 e. The Kier molecular flexibility index (Phi) is 2.58. The molecule has 0 saturated heterocycles. The molecule has 0 aromatic heterocycles. The molecule has 1 aromatic rings. The summed E-state index contributed by atoms with van der Waals surface area (Å²) >= 11 is 2.05. The van der Waals surface area contributed by atoms with E-state index in [9.17, 15) is 0 Å². The Morgan fingerprint density at radius 1 is 1.00 bits per heavy atom. The number of hydrogen-bond donors (Lipinski definition) is 0. The maximum atomic E-state index is 2.40. The quantitative estimate of drug-likeness (QED) is 0.703. The number of hydrogen-bond acceptors (Lipinski definition) is 3. The zero-order valence-electron chi connectivity index (χ0n) is 10.5. The second-order valence-corrected chi connectivity index (χ2v) is 6.37. The lowest BCUT2D eigenvalue weighted by Gasteiger charge is -2.32. The van der Waals surface area contributed by atoms with Crippen LogP contribution in [0.25, 0.3) is 0 Å². The van der Waals surface area contributed by atoms with Crippen LogP contribution in [0.5, 0.6) is 0 Å². The van der Waals surface area contributed by atoms with Gasteiger partial charge in [-0.1, -0.05) is 24.3 Å². The van der Waals surface area contributed by atoms with E-state index in [0.29, 0.717) is 16.7 Å². The van der Waals surface area contributed by atoms with E-state index in [0.717, 1.165) is 0 Å². The van der Waals surface area contributed by atoms with E-state index >= 15 is 0 Å². The van der Waals surface area contributed by atoms with Gasteiger partial charge < -0.3 is 9.80 Å². The third kappa shape index (κ3) is 1.64. The van der Waals surface area contributed by atoms with Crippen LogP contribution in [-0.4, -0.2) is 30.8 Å². The largest absolute Gasteiger partial charge is 0.351 e. The lowest BCUT2D eigenvalue weighted by atomic mass is 10.2. The zero-order valence-corrected chi connectivity index (χ0v) is 11.3. The van der Waals surface area contributed by atoms with Crippen molar-refractivity contribution in [1.29, 1.82) is 0 Å². The van der Waals surface area contributed by atoms with Crippen molar-refractivity contribution in [3.8, 4) is 0 Å². The van der Waals surface area contributed by atoms with Gasteiger partial charge in [-0.3, -0.25) is 0 Å². The SMILES string of the molecule is CC1C=CC(C2N(C)c3ccccc3N2C)S1. The highest BCUT2D eigenvalue weighted by Crippen LogP contribution is 2.42. The first kappa shape index (κ1) is 11.0. The van der Waals surface area contributed by atoms with Gasteiger partial charge in [-0.25, -0.2) is 0 Å². The number of benzene rings is 1. The molecule has 2 unspecified atom stereocenters. The topological polar surface area (TPSA) is 6.48 Å². The van der Waals surface area contributed by atoms with Crippen molar-refractivity contribution in [3.63, 3.8) is 0 Å². The van der Waals surface area contributed by atoms with E-state index in [-0.39, 0.29) is 0 Å². The average molecular weight is 246 g/mol. The van der Waals surface area contributed by atoms with Gasteiger partial charge in [0.25, 0.3) is 0 Å². The summed E-state index contributed by atoms with van der Waals surface area (Å²) in [6.07, 6.45) is 5.12. The number of nitrogens with zero attached hydrogens (tertiary/aromatic N) is 2. The molecule has 0 radical (unpaired) electrons. The van der Waals surface area contributed by atoms with Crippen molar-refractivity contribution in [1.82, 2.24) is 0 Å². The first-order valence-corrected chi connectivity index (χ1v) is 7.01. The van der Waals surface area contributed by atoms with Crippen LogP contribution in [0.15, 0.2) is 36.4 Å². The zero-order chi connectivity index (χ0) is 12.0. The van der Waals surface area contributed by atoms with Crippen LogP contribution in [0.4, 0.5) is 11.4 Å². The van der Waals surface area contributed by atoms with Crippen molar-refractivity contribution in [2.24, 2.45) is 0 Å². The van der Waals surface area contributed by atoms with Crippen LogP contribution in [0.2, 0.25) is 0 Å². The molecular weight excluding hydrogens is 228 g/mol. The fraction of sp³-hybridized carbons (Fsp3) is 0.429. The van der Waals surface area contributed by atoms with E-state index in [1.54, 1.807) is 0 Å². The minimum absolute atomic E-state index is 0.443. The molecule has 0 fully saturated rings. The highest BCUT2D eigenvalue weighted by Gasteiger charge is 2.37. The van der Waals surface area contributed by atoms with Gasteiger partial charge in [0.1, 0.15) is 6.17 Å². The highest BCUT2D eigenvalue weighted by atomic mass is 32.2. The van der Waals surface area contributed by atoms with E-state index in [1.165, 1.54) is 11.4 Å². The summed E-state index contributed by atoms with van der Waals surface area (Å²) in [4.78, 5) is 4.80. The second-order valence-electron chi connectivity index (χ2n) is 4.81. The number of para-hydroxylation sites is 2. The van der Waals surface area contributed by atoms with E-state index in [1.807, 2.05) is 11.8 Å². The molecule has 0 amide bonds. The Bertz CT molecular complexity index is 428. The van der Waals surface area contributed by atoms with Crippen molar-refractivity contribution < 1.29 is 0 Å². The second kappa shape index (κ2) is 3.98. The van der Waals surface area contributed by atoms with Crippen LogP contribution >= 0.6 is 11.8 Å². The highest BCUT2D eigenvalue weighted by molar-refractivity contribution is 8.01. The van der Waals surface area contributed by atoms with Gasteiger partial charge in [0.05, 0.1) is 16.6 Å². The van der Waals surface area contributed by atoms with Gasteiger partial charge in [0.15, 0.2) is 0 Å². The van der Waals surface area contributed by atoms with Crippen molar-refractivity contribution in [2.45, 2.75) is 23.6 Å². The average Bonchev–Trinajstić information content (AvgIpc) is 2.84. The summed E-state index contributed by atoms with van der Waals surface area (Å²) in [5.74, 6) is 0. The summed E-state index contributed by atoms with van der Waals surface area (Å²) in [5, 5.41) is 1.21. The summed E-state index contributed by atoms with van der Waals surface area (Å²) in [5.41, 5.74) is 2.68. The molecule has 3 heteroatoms. The Balaban J connectivity index is 1.92. The lowest BCUT2D eigenvalue weighted by Crippen LogP contribution is -2.45. The molecule has 2 aliphatic rings. The Hall–Kier alpha value is -1.09. The summed E-state index contributed by atoms with van der Waals surface area (Å²) in [6, 6.07) is 8.65. The summed E-state index contributed by atoms with van der Waals surface area (Å²) in [7, 11) is 4.40. The third-order valence-electron chi connectivity index (χ3n) is 3.67. The molecule has 2 heterocycles. The Morgan fingerprint density at radius 3 is 2.06 bits per heavy atom. The Labute approximate surface area is 107 Å². The standard InChI is InChI=1S/C14H18N2S/c1-10-8-9-13(17-10)14-15(2)11-6-4-5-7-12(11)16(14)3/h4-10,13-14H,1-3H3. The Morgan fingerprint density at radius 2 is 1.59 bits per heavy atom. The van der Waals surface area contributed by atoms with E-state index < -0.39 is 0 Å².